The van der Waals surface area contributed by atoms with E-state index in [1.165, 1.54) is 0 Å². The van der Waals surface area contributed by atoms with Crippen LogP contribution in [0, 0.1) is 0 Å². The van der Waals surface area contributed by atoms with Gasteiger partial charge in [-0.15, -0.1) is 0 Å². The highest BCUT2D eigenvalue weighted by atomic mass is 79.9. The predicted octanol–water partition coefficient (Wildman–Crippen LogP) is 2.51. The number of aliphatic hydroxyl groups is 1. The number of thiophene rings is 1. The van der Waals surface area contributed by atoms with Crippen LogP contribution >= 0.6 is 27.3 Å². The lowest BCUT2D eigenvalue weighted by molar-refractivity contribution is -0.133. The molecule has 72 valence electrons. The molecule has 1 aromatic heterocycles. The van der Waals surface area contributed by atoms with Gasteiger partial charge in [0.25, 0.3) is 0 Å². The standard InChI is InChI=1S/C9H11BrO2S/c1-12-6-2-9(11,3-6)7-4-13-5-8(7)10/h4-6,11H,2-3H2,1H3. The van der Waals surface area contributed by atoms with Gasteiger partial charge in [-0.2, -0.15) is 11.3 Å². The van der Waals surface area contributed by atoms with Gasteiger partial charge in [-0.25, -0.2) is 0 Å². The third-order valence-corrected chi connectivity index (χ3v) is 4.28. The monoisotopic (exact) mass is 262 g/mol. The van der Waals surface area contributed by atoms with E-state index in [0.717, 1.165) is 10.0 Å². The molecule has 2 nitrogen and oxygen atoms in total. The molecule has 1 aliphatic rings. The molecule has 1 heterocycles. The van der Waals surface area contributed by atoms with Gasteiger partial charge in [0.2, 0.25) is 0 Å². The SMILES string of the molecule is COC1CC(O)(c2cscc2Br)C1. The van der Waals surface area contributed by atoms with Crippen LogP contribution in [0.2, 0.25) is 0 Å². The van der Waals surface area contributed by atoms with Crippen LogP contribution in [0.3, 0.4) is 0 Å². The van der Waals surface area contributed by atoms with Crippen molar-refractivity contribution in [3.8, 4) is 0 Å². The Balaban J connectivity index is 2.15. The number of ether oxygens (including phenoxy) is 1. The summed E-state index contributed by atoms with van der Waals surface area (Å²) in [5.74, 6) is 0. The Morgan fingerprint density at radius 3 is 2.77 bits per heavy atom. The number of hydrogen-bond donors (Lipinski definition) is 1. The molecule has 0 aromatic carbocycles. The second-order valence-corrected chi connectivity index (χ2v) is 5.03. The molecule has 0 atom stereocenters. The maximum absolute atomic E-state index is 10.1. The molecule has 0 saturated heterocycles. The van der Waals surface area contributed by atoms with Crippen LogP contribution < -0.4 is 0 Å². The highest BCUT2D eigenvalue weighted by Crippen LogP contribution is 2.46. The van der Waals surface area contributed by atoms with Gasteiger partial charge in [0.15, 0.2) is 0 Å². The fraction of sp³-hybridized carbons (Fsp3) is 0.556. The Hall–Kier alpha value is 0.100. The number of hydrogen-bond acceptors (Lipinski definition) is 3. The van der Waals surface area contributed by atoms with Crippen molar-refractivity contribution in [1.29, 1.82) is 0 Å². The first kappa shape index (κ1) is 9.65. The molecule has 0 amide bonds. The first-order chi connectivity index (χ1) is 6.15. The first-order valence-corrected chi connectivity index (χ1v) is 5.86. The Bertz CT molecular complexity index is 304. The van der Waals surface area contributed by atoms with Crippen molar-refractivity contribution in [3.05, 3.63) is 20.8 Å². The molecule has 13 heavy (non-hydrogen) atoms. The zero-order chi connectivity index (χ0) is 9.47. The molecule has 0 bridgehead atoms. The van der Waals surface area contributed by atoms with E-state index in [0.29, 0.717) is 12.8 Å². The molecule has 2 rings (SSSR count). The van der Waals surface area contributed by atoms with Gasteiger partial charge in [-0.05, 0) is 21.3 Å². The second-order valence-electron chi connectivity index (χ2n) is 3.43. The lowest BCUT2D eigenvalue weighted by Crippen LogP contribution is -2.45. The molecular weight excluding hydrogens is 252 g/mol. The van der Waals surface area contributed by atoms with E-state index >= 15 is 0 Å². The van der Waals surface area contributed by atoms with Crippen molar-refractivity contribution in [2.75, 3.05) is 7.11 Å². The van der Waals surface area contributed by atoms with E-state index < -0.39 is 5.60 Å². The second kappa shape index (κ2) is 3.35. The van der Waals surface area contributed by atoms with Crippen LogP contribution in [0.4, 0.5) is 0 Å². The molecule has 1 aromatic rings. The van der Waals surface area contributed by atoms with Gasteiger partial charge < -0.3 is 9.84 Å². The number of methoxy groups -OCH3 is 1. The molecule has 0 unspecified atom stereocenters. The predicted molar refractivity (Wildman–Crippen MR) is 55.9 cm³/mol. The molecule has 1 fully saturated rings. The zero-order valence-corrected chi connectivity index (χ0v) is 9.69. The first-order valence-electron chi connectivity index (χ1n) is 4.13. The minimum Gasteiger partial charge on any atom is -0.385 e. The van der Waals surface area contributed by atoms with E-state index in [1.807, 2.05) is 10.8 Å². The molecule has 1 saturated carbocycles. The molecule has 1 N–H and O–H groups in total. The summed E-state index contributed by atoms with van der Waals surface area (Å²) in [4.78, 5) is 0. The maximum Gasteiger partial charge on any atom is 0.0964 e. The molecule has 4 heteroatoms. The topological polar surface area (TPSA) is 29.5 Å². The summed E-state index contributed by atoms with van der Waals surface area (Å²) in [5.41, 5.74) is 0.352. The summed E-state index contributed by atoms with van der Waals surface area (Å²) in [6, 6.07) is 0. The zero-order valence-electron chi connectivity index (χ0n) is 7.29. The largest absolute Gasteiger partial charge is 0.385 e. The summed E-state index contributed by atoms with van der Waals surface area (Å²) >= 11 is 5.03. The lowest BCUT2D eigenvalue weighted by Gasteiger charge is -2.42. The van der Waals surface area contributed by atoms with Gasteiger partial charge in [0.1, 0.15) is 0 Å². The Morgan fingerprint density at radius 2 is 2.31 bits per heavy atom. The molecule has 0 aliphatic heterocycles. The fourth-order valence-electron chi connectivity index (χ4n) is 1.69. The van der Waals surface area contributed by atoms with Crippen LogP contribution in [0.15, 0.2) is 15.2 Å². The third kappa shape index (κ3) is 1.56. The van der Waals surface area contributed by atoms with E-state index in [2.05, 4.69) is 15.9 Å². The van der Waals surface area contributed by atoms with Gasteiger partial charge in [0.05, 0.1) is 11.7 Å². The minimum absolute atomic E-state index is 0.219. The molecular formula is C9H11BrO2S. The van der Waals surface area contributed by atoms with E-state index in [1.54, 1.807) is 18.4 Å². The van der Waals surface area contributed by atoms with Crippen molar-refractivity contribution in [2.24, 2.45) is 0 Å². The maximum atomic E-state index is 10.1. The van der Waals surface area contributed by atoms with Crippen LogP contribution in [-0.2, 0) is 10.3 Å². The van der Waals surface area contributed by atoms with Crippen molar-refractivity contribution in [2.45, 2.75) is 24.5 Å². The molecule has 1 aliphatic carbocycles. The average molecular weight is 263 g/mol. The smallest absolute Gasteiger partial charge is 0.0964 e. The minimum atomic E-state index is -0.653. The van der Waals surface area contributed by atoms with Gasteiger partial charge in [-0.1, -0.05) is 0 Å². The Morgan fingerprint density at radius 1 is 1.62 bits per heavy atom. The summed E-state index contributed by atoms with van der Waals surface area (Å²) in [6.07, 6.45) is 1.63. The van der Waals surface area contributed by atoms with Crippen molar-refractivity contribution < 1.29 is 9.84 Å². The van der Waals surface area contributed by atoms with Crippen LogP contribution in [0.5, 0.6) is 0 Å². The average Bonchev–Trinajstić information content (AvgIpc) is 2.46. The van der Waals surface area contributed by atoms with E-state index in [-0.39, 0.29) is 6.10 Å². The highest BCUT2D eigenvalue weighted by Gasteiger charge is 2.45. The van der Waals surface area contributed by atoms with Gasteiger partial charge >= 0.3 is 0 Å². The normalized spacial score (nSPS) is 33.0. The Labute approximate surface area is 89.7 Å². The van der Waals surface area contributed by atoms with E-state index in [9.17, 15) is 5.11 Å². The summed E-state index contributed by atoms with van der Waals surface area (Å²) < 4.78 is 6.16. The van der Waals surface area contributed by atoms with E-state index in [4.69, 9.17) is 4.74 Å². The van der Waals surface area contributed by atoms with Crippen molar-refractivity contribution in [1.82, 2.24) is 0 Å². The van der Waals surface area contributed by atoms with Crippen LogP contribution in [-0.4, -0.2) is 18.3 Å². The summed E-state index contributed by atoms with van der Waals surface area (Å²) in [6.45, 7) is 0. The number of halogens is 1. The number of rotatable bonds is 2. The quantitative estimate of drug-likeness (QED) is 0.888. The summed E-state index contributed by atoms with van der Waals surface area (Å²) in [5, 5.41) is 14.1. The molecule has 0 spiro atoms. The third-order valence-electron chi connectivity index (χ3n) is 2.58. The van der Waals surface area contributed by atoms with Gasteiger partial charge in [-0.3, -0.25) is 0 Å². The van der Waals surface area contributed by atoms with Crippen molar-refractivity contribution in [3.63, 3.8) is 0 Å². The highest BCUT2D eigenvalue weighted by molar-refractivity contribution is 9.10. The van der Waals surface area contributed by atoms with Crippen molar-refractivity contribution >= 4 is 27.3 Å². The van der Waals surface area contributed by atoms with Gasteiger partial charge in [0, 0.05) is 35.4 Å². The summed E-state index contributed by atoms with van der Waals surface area (Å²) in [7, 11) is 1.69. The fourth-order valence-corrected chi connectivity index (χ4v) is 3.45. The lowest BCUT2D eigenvalue weighted by atomic mass is 9.74. The van der Waals surface area contributed by atoms with Crippen LogP contribution in [0.25, 0.3) is 0 Å². The van der Waals surface area contributed by atoms with Crippen LogP contribution in [0.1, 0.15) is 18.4 Å². The Kier molecular flexibility index (Phi) is 2.49. The molecule has 0 radical (unpaired) electrons.